The van der Waals surface area contributed by atoms with Gasteiger partial charge in [0, 0.05) is 0 Å². The lowest BCUT2D eigenvalue weighted by atomic mass is 9.97. The molecule has 0 fully saturated rings. The van der Waals surface area contributed by atoms with Gasteiger partial charge in [-0.1, -0.05) is 53.7 Å². The summed E-state index contributed by atoms with van der Waals surface area (Å²) in [5.41, 5.74) is 5.87. The molecule has 0 aliphatic rings. The Labute approximate surface area is 103 Å². The predicted octanol–water partition coefficient (Wildman–Crippen LogP) is 5.48. The minimum atomic E-state index is 1.16. The van der Waals surface area contributed by atoms with Crippen molar-refractivity contribution in [2.24, 2.45) is 0 Å². The summed E-state index contributed by atoms with van der Waals surface area (Å²) < 4.78 is 0. The molecular weight excluding hydrogens is 192 g/mol. The Kier molecular flexibility index (Phi) is 11.8. The molecule has 0 unspecified atom stereocenters. The first-order chi connectivity index (χ1) is 7.69. The van der Waals surface area contributed by atoms with E-state index in [0.717, 1.165) is 12.8 Å². The molecule has 16 heavy (non-hydrogen) atoms. The highest BCUT2D eigenvalue weighted by molar-refractivity contribution is 5.37. The maximum absolute atomic E-state index is 2.33. The van der Waals surface area contributed by atoms with Crippen LogP contribution in [-0.2, 0) is 12.8 Å². The summed E-state index contributed by atoms with van der Waals surface area (Å²) in [4.78, 5) is 0. The zero-order valence-electron chi connectivity index (χ0n) is 12.6. The van der Waals surface area contributed by atoms with Crippen LogP contribution in [0.3, 0.4) is 0 Å². The van der Waals surface area contributed by atoms with Gasteiger partial charge < -0.3 is 0 Å². The number of hydrogen-bond acceptors (Lipinski definition) is 0. The Morgan fingerprint density at radius 1 is 0.688 bits per heavy atom. The van der Waals surface area contributed by atoms with Gasteiger partial charge in [0.15, 0.2) is 0 Å². The Morgan fingerprint density at radius 3 is 1.12 bits per heavy atom. The SMILES string of the molecule is CC.CC.CCc1cc(C)c(C)cc1CC. The van der Waals surface area contributed by atoms with Gasteiger partial charge in [-0.2, -0.15) is 0 Å². The molecule has 0 aromatic heterocycles. The second-order valence-corrected chi connectivity index (χ2v) is 3.41. The monoisotopic (exact) mass is 222 g/mol. The highest BCUT2D eigenvalue weighted by atomic mass is 14.1. The summed E-state index contributed by atoms with van der Waals surface area (Å²) in [5.74, 6) is 0. The van der Waals surface area contributed by atoms with Crippen molar-refractivity contribution in [3.63, 3.8) is 0 Å². The third-order valence-electron chi connectivity index (χ3n) is 2.58. The molecule has 0 atom stereocenters. The molecule has 0 bridgehead atoms. The van der Waals surface area contributed by atoms with E-state index < -0.39 is 0 Å². The maximum atomic E-state index is 2.33. The van der Waals surface area contributed by atoms with Crippen LogP contribution in [0, 0.1) is 13.8 Å². The van der Waals surface area contributed by atoms with E-state index in [4.69, 9.17) is 0 Å². The van der Waals surface area contributed by atoms with E-state index in [1.807, 2.05) is 27.7 Å². The zero-order valence-corrected chi connectivity index (χ0v) is 12.6. The third kappa shape index (κ3) is 5.34. The van der Waals surface area contributed by atoms with Gasteiger partial charge in [0.05, 0.1) is 0 Å². The fraction of sp³-hybridized carbons (Fsp3) is 0.625. The van der Waals surface area contributed by atoms with Crippen LogP contribution in [-0.4, -0.2) is 0 Å². The topological polar surface area (TPSA) is 0 Å². The average molecular weight is 222 g/mol. The first-order valence-electron chi connectivity index (χ1n) is 6.78. The minimum absolute atomic E-state index is 1.16. The van der Waals surface area contributed by atoms with Gasteiger partial charge in [-0.3, -0.25) is 0 Å². The Hall–Kier alpha value is -0.780. The van der Waals surface area contributed by atoms with Gasteiger partial charge >= 0.3 is 0 Å². The van der Waals surface area contributed by atoms with Crippen molar-refractivity contribution in [3.8, 4) is 0 Å². The second-order valence-electron chi connectivity index (χ2n) is 3.41. The van der Waals surface area contributed by atoms with E-state index in [0.29, 0.717) is 0 Å². The molecule has 0 spiro atoms. The smallest absolute Gasteiger partial charge is 0.0305 e. The molecule has 1 aromatic carbocycles. The highest BCUT2D eigenvalue weighted by Crippen LogP contribution is 2.16. The van der Waals surface area contributed by atoms with E-state index in [1.54, 1.807) is 0 Å². The first kappa shape index (κ1) is 17.6. The van der Waals surface area contributed by atoms with Crippen LogP contribution >= 0.6 is 0 Å². The van der Waals surface area contributed by atoms with Gasteiger partial charge in [-0.15, -0.1) is 0 Å². The molecule has 1 aromatic rings. The molecule has 0 amide bonds. The molecule has 1 rings (SSSR count). The van der Waals surface area contributed by atoms with E-state index in [1.165, 1.54) is 22.3 Å². The van der Waals surface area contributed by atoms with Gasteiger partial charge in [-0.05, 0) is 48.9 Å². The average Bonchev–Trinajstić information content (AvgIpc) is 2.37. The number of aryl methyl sites for hydroxylation is 4. The van der Waals surface area contributed by atoms with Crippen molar-refractivity contribution in [2.75, 3.05) is 0 Å². The van der Waals surface area contributed by atoms with Crippen molar-refractivity contribution in [1.82, 2.24) is 0 Å². The summed E-state index contributed by atoms with van der Waals surface area (Å²) in [6, 6.07) is 4.66. The van der Waals surface area contributed by atoms with Crippen molar-refractivity contribution < 1.29 is 0 Å². The molecule has 0 saturated heterocycles. The second kappa shape index (κ2) is 10.7. The fourth-order valence-electron chi connectivity index (χ4n) is 1.59. The van der Waals surface area contributed by atoms with Crippen LogP contribution in [0.25, 0.3) is 0 Å². The van der Waals surface area contributed by atoms with Gasteiger partial charge in [0.25, 0.3) is 0 Å². The van der Waals surface area contributed by atoms with Crippen LogP contribution in [0.5, 0.6) is 0 Å². The lowest BCUT2D eigenvalue weighted by Crippen LogP contribution is -1.94. The van der Waals surface area contributed by atoms with Crippen molar-refractivity contribution >= 4 is 0 Å². The Morgan fingerprint density at radius 2 is 0.938 bits per heavy atom. The van der Waals surface area contributed by atoms with E-state index in [9.17, 15) is 0 Å². The van der Waals surface area contributed by atoms with Gasteiger partial charge in [0.1, 0.15) is 0 Å². The van der Waals surface area contributed by atoms with E-state index >= 15 is 0 Å². The van der Waals surface area contributed by atoms with E-state index in [2.05, 4.69) is 39.8 Å². The molecular formula is C16H30. The van der Waals surface area contributed by atoms with Crippen LogP contribution < -0.4 is 0 Å². The largest absolute Gasteiger partial charge is 0.0683 e. The summed E-state index contributed by atoms with van der Waals surface area (Å²) >= 11 is 0. The summed E-state index contributed by atoms with van der Waals surface area (Å²) in [6.07, 6.45) is 2.31. The molecule has 0 aliphatic carbocycles. The van der Waals surface area contributed by atoms with Crippen molar-refractivity contribution in [2.45, 2.75) is 68.2 Å². The van der Waals surface area contributed by atoms with Crippen molar-refractivity contribution in [1.29, 1.82) is 0 Å². The van der Waals surface area contributed by atoms with Crippen LogP contribution in [0.1, 0.15) is 63.8 Å². The molecule has 0 heteroatoms. The molecule has 0 radical (unpaired) electrons. The summed E-state index contributed by atoms with van der Waals surface area (Å²) in [5, 5.41) is 0. The van der Waals surface area contributed by atoms with Crippen LogP contribution in [0.4, 0.5) is 0 Å². The standard InChI is InChI=1S/C12H18.2C2H6/c1-5-11-7-9(3)10(4)8-12(11)6-2;2*1-2/h7-8H,5-6H2,1-4H3;2*1-2H3. The molecule has 0 heterocycles. The maximum Gasteiger partial charge on any atom is -0.0305 e. The summed E-state index contributed by atoms with van der Waals surface area (Å²) in [6.45, 7) is 16.8. The number of hydrogen-bond donors (Lipinski definition) is 0. The minimum Gasteiger partial charge on any atom is -0.0683 e. The zero-order chi connectivity index (χ0) is 13.1. The third-order valence-corrected chi connectivity index (χ3v) is 2.58. The number of rotatable bonds is 2. The van der Waals surface area contributed by atoms with Gasteiger partial charge in [0.2, 0.25) is 0 Å². The quantitative estimate of drug-likeness (QED) is 0.621. The van der Waals surface area contributed by atoms with Gasteiger partial charge in [-0.25, -0.2) is 0 Å². The molecule has 94 valence electrons. The normalized spacial score (nSPS) is 8.50. The van der Waals surface area contributed by atoms with Crippen LogP contribution in [0.2, 0.25) is 0 Å². The fourth-order valence-corrected chi connectivity index (χ4v) is 1.59. The molecule has 0 nitrogen and oxygen atoms in total. The lowest BCUT2D eigenvalue weighted by molar-refractivity contribution is 1.02. The van der Waals surface area contributed by atoms with Crippen LogP contribution in [0.15, 0.2) is 12.1 Å². The first-order valence-corrected chi connectivity index (χ1v) is 6.78. The molecule has 0 saturated carbocycles. The predicted molar refractivity (Wildman–Crippen MR) is 77.4 cm³/mol. The number of benzene rings is 1. The van der Waals surface area contributed by atoms with E-state index in [-0.39, 0.29) is 0 Å². The summed E-state index contributed by atoms with van der Waals surface area (Å²) in [7, 11) is 0. The Balaban J connectivity index is 0. The molecule has 0 aliphatic heterocycles. The lowest BCUT2D eigenvalue weighted by Gasteiger charge is -2.09. The Bertz CT molecular complexity index is 243. The molecule has 0 N–H and O–H groups in total. The van der Waals surface area contributed by atoms with Crippen molar-refractivity contribution in [3.05, 3.63) is 34.4 Å². The highest BCUT2D eigenvalue weighted by Gasteiger charge is 2.01.